The number of para-hydroxylation sites is 2. The lowest BCUT2D eigenvalue weighted by molar-refractivity contribution is -0.116. The second-order valence-electron chi connectivity index (χ2n) is 5.76. The van der Waals surface area contributed by atoms with E-state index in [2.05, 4.69) is 15.5 Å². The average Bonchev–Trinajstić information content (AvgIpc) is 3.15. The predicted octanol–water partition coefficient (Wildman–Crippen LogP) is 4.10. The average molecular weight is 351 g/mol. The molecule has 0 atom stereocenters. The fourth-order valence-corrected chi connectivity index (χ4v) is 2.39. The molecule has 3 aromatic rings. The van der Waals surface area contributed by atoms with E-state index >= 15 is 0 Å². The Morgan fingerprint density at radius 3 is 2.65 bits per heavy atom. The molecule has 2 aromatic carbocycles. The van der Waals surface area contributed by atoms with Crippen molar-refractivity contribution in [2.24, 2.45) is 0 Å². The standard InChI is InChI=1S/C20H21N3O3/c1-2-14-25-17-11-7-6-10-16(17)21-18(24)12-13-19-22-23-20(26-19)15-8-4-3-5-9-15/h3-11H,2,12-14H2,1H3,(H,21,24). The van der Waals surface area contributed by atoms with Gasteiger partial charge in [0.2, 0.25) is 17.7 Å². The van der Waals surface area contributed by atoms with Gasteiger partial charge >= 0.3 is 0 Å². The van der Waals surface area contributed by atoms with E-state index in [4.69, 9.17) is 9.15 Å². The van der Waals surface area contributed by atoms with Crippen molar-refractivity contribution in [2.45, 2.75) is 26.2 Å². The third kappa shape index (κ3) is 4.69. The zero-order valence-corrected chi connectivity index (χ0v) is 14.6. The molecule has 0 saturated heterocycles. The van der Waals surface area contributed by atoms with Crippen LogP contribution in [0.4, 0.5) is 5.69 Å². The topological polar surface area (TPSA) is 77.2 Å². The van der Waals surface area contributed by atoms with E-state index in [1.54, 1.807) is 0 Å². The van der Waals surface area contributed by atoms with Gasteiger partial charge in [-0.2, -0.15) is 0 Å². The Morgan fingerprint density at radius 1 is 1.08 bits per heavy atom. The molecular weight excluding hydrogens is 330 g/mol. The molecule has 0 saturated carbocycles. The van der Waals surface area contributed by atoms with Crippen molar-refractivity contribution in [3.8, 4) is 17.2 Å². The van der Waals surface area contributed by atoms with Gasteiger partial charge in [-0.05, 0) is 30.7 Å². The number of nitrogens with one attached hydrogen (secondary N) is 1. The fraction of sp³-hybridized carbons (Fsp3) is 0.250. The molecule has 3 rings (SSSR count). The number of aryl methyl sites for hydroxylation is 1. The third-order valence-corrected chi connectivity index (χ3v) is 3.68. The molecule has 0 fully saturated rings. The zero-order chi connectivity index (χ0) is 18.2. The predicted molar refractivity (Wildman–Crippen MR) is 98.9 cm³/mol. The summed E-state index contributed by atoms with van der Waals surface area (Å²) in [6.45, 7) is 2.65. The number of hydrogen-bond donors (Lipinski definition) is 1. The zero-order valence-electron chi connectivity index (χ0n) is 14.6. The van der Waals surface area contributed by atoms with Crippen molar-refractivity contribution in [3.05, 3.63) is 60.5 Å². The van der Waals surface area contributed by atoms with Crippen LogP contribution in [0.2, 0.25) is 0 Å². The summed E-state index contributed by atoms with van der Waals surface area (Å²) < 4.78 is 11.3. The number of carbonyl (C=O) groups is 1. The summed E-state index contributed by atoms with van der Waals surface area (Å²) in [4.78, 5) is 12.2. The van der Waals surface area contributed by atoms with Crippen molar-refractivity contribution < 1.29 is 13.9 Å². The second-order valence-corrected chi connectivity index (χ2v) is 5.76. The monoisotopic (exact) mass is 351 g/mol. The van der Waals surface area contributed by atoms with E-state index < -0.39 is 0 Å². The molecule has 0 unspecified atom stereocenters. The second kappa shape index (κ2) is 8.80. The lowest BCUT2D eigenvalue weighted by atomic mass is 10.2. The molecule has 6 nitrogen and oxygen atoms in total. The van der Waals surface area contributed by atoms with E-state index in [1.165, 1.54) is 0 Å². The highest BCUT2D eigenvalue weighted by molar-refractivity contribution is 5.92. The van der Waals surface area contributed by atoms with Gasteiger partial charge in [-0.1, -0.05) is 37.3 Å². The summed E-state index contributed by atoms with van der Waals surface area (Å²) in [5.41, 5.74) is 1.53. The molecule has 0 aliphatic rings. The van der Waals surface area contributed by atoms with E-state index in [-0.39, 0.29) is 12.3 Å². The maximum absolute atomic E-state index is 12.2. The van der Waals surface area contributed by atoms with Gasteiger partial charge in [0, 0.05) is 18.4 Å². The molecule has 1 heterocycles. The van der Waals surface area contributed by atoms with Gasteiger partial charge in [-0.15, -0.1) is 10.2 Å². The van der Waals surface area contributed by atoms with Crippen LogP contribution in [0.5, 0.6) is 5.75 Å². The number of nitrogens with zero attached hydrogens (tertiary/aromatic N) is 2. The normalized spacial score (nSPS) is 10.5. The highest BCUT2D eigenvalue weighted by Gasteiger charge is 2.12. The van der Waals surface area contributed by atoms with Crippen LogP contribution >= 0.6 is 0 Å². The van der Waals surface area contributed by atoms with Crippen LogP contribution in [0, 0.1) is 0 Å². The molecule has 1 amide bonds. The van der Waals surface area contributed by atoms with Crippen LogP contribution in [-0.2, 0) is 11.2 Å². The molecular formula is C20H21N3O3. The van der Waals surface area contributed by atoms with Gasteiger partial charge < -0.3 is 14.5 Å². The van der Waals surface area contributed by atoms with Gasteiger partial charge in [-0.3, -0.25) is 4.79 Å². The van der Waals surface area contributed by atoms with Crippen molar-refractivity contribution in [2.75, 3.05) is 11.9 Å². The number of carbonyl (C=O) groups excluding carboxylic acids is 1. The molecule has 1 N–H and O–H groups in total. The van der Waals surface area contributed by atoms with Crippen molar-refractivity contribution in [1.82, 2.24) is 10.2 Å². The molecule has 0 radical (unpaired) electrons. The van der Waals surface area contributed by atoms with E-state index in [9.17, 15) is 4.79 Å². The van der Waals surface area contributed by atoms with Crippen molar-refractivity contribution in [3.63, 3.8) is 0 Å². The Labute approximate surface area is 152 Å². The number of amides is 1. The van der Waals surface area contributed by atoms with Crippen LogP contribution in [0.25, 0.3) is 11.5 Å². The Balaban J connectivity index is 1.56. The third-order valence-electron chi connectivity index (χ3n) is 3.68. The van der Waals surface area contributed by atoms with Crippen LogP contribution < -0.4 is 10.1 Å². The Kier molecular flexibility index (Phi) is 5.98. The number of hydrogen-bond acceptors (Lipinski definition) is 5. The summed E-state index contributed by atoms with van der Waals surface area (Å²) in [5, 5.41) is 10.9. The van der Waals surface area contributed by atoms with Gasteiger partial charge in [0.05, 0.1) is 12.3 Å². The maximum atomic E-state index is 12.2. The van der Waals surface area contributed by atoms with Gasteiger partial charge in [0.1, 0.15) is 5.75 Å². The van der Waals surface area contributed by atoms with E-state index in [0.29, 0.717) is 36.2 Å². The number of ether oxygens (including phenoxy) is 1. The van der Waals surface area contributed by atoms with Crippen molar-refractivity contribution in [1.29, 1.82) is 0 Å². The highest BCUT2D eigenvalue weighted by Crippen LogP contribution is 2.24. The fourth-order valence-electron chi connectivity index (χ4n) is 2.39. The summed E-state index contributed by atoms with van der Waals surface area (Å²) in [6, 6.07) is 16.9. The summed E-state index contributed by atoms with van der Waals surface area (Å²) in [7, 11) is 0. The number of benzene rings is 2. The Hall–Kier alpha value is -3.15. The molecule has 0 aliphatic carbocycles. The van der Waals surface area contributed by atoms with Gasteiger partial charge in [0.25, 0.3) is 0 Å². The van der Waals surface area contributed by atoms with Crippen LogP contribution in [0.3, 0.4) is 0 Å². The highest BCUT2D eigenvalue weighted by atomic mass is 16.5. The quantitative estimate of drug-likeness (QED) is 0.661. The smallest absolute Gasteiger partial charge is 0.247 e. The molecule has 1 aromatic heterocycles. The largest absolute Gasteiger partial charge is 0.491 e. The van der Waals surface area contributed by atoms with Crippen LogP contribution in [-0.4, -0.2) is 22.7 Å². The van der Waals surface area contributed by atoms with Gasteiger partial charge in [0.15, 0.2) is 0 Å². The number of rotatable bonds is 8. The first kappa shape index (κ1) is 17.7. The lowest BCUT2D eigenvalue weighted by Crippen LogP contribution is -2.13. The van der Waals surface area contributed by atoms with Gasteiger partial charge in [-0.25, -0.2) is 0 Å². The Bertz CT molecular complexity index is 846. The van der Waals surface area contributed by atoms with Crippen LogP contribution in [0.15, 0.2) is 59.0 Å². The minimum absolute atomic E-state index is 0.128. The maximum Gasteiger partial charge on any atom is 0.247 e. The first-order valence-electron chi connectivity index (χ1n) is 8.65. The first-order chi connectivity index (χ1) is 12.8. The molecule has 0 bridgehead atoms. The molecule has 0 aliphatic heterocycles. The lowest BCUT2D eigenvalue weighted by Gasteiger charge is -2.11. The molecule has 0 spiro atoms. The minimum atomic E-state index is -0.128. The first-order valence-corrected chi connectivity index (χ1v) is 8.65. The summed E-state index contributed by atoms with van der Waals surface area (Å²) in [6.07, 6.45) is 1.53. The SMILES string of the molecule is CCCOc1ccccc1NC(=O)CCc1nnc(-c2ccccc2)o1. The minimum Gasteiger partial charge on any atom is -0.491 e. The summed E-state index contributed by atoms with van der Waals surface area (Å²) in [5.74, 6) is 1.44. The molecule has 6 heteroatoms. The van der Waals surface area contributed by atoms with E-state index in [1.807, 2.05) is 61.5 Å². The van der Waals surface area contributed by atoms with Crippen LogP contribution in [0.1, 0.15) is 25.7 Å². The van der Waals surface area contributed by atoms with Crippen molar-refractivity contribution >= 4 is 11.6 Å². The Morgan fingerprint density at radius 2 is 1.85 bits per heavy atom. The summed E-state index contributed by atoms with van der Waals surface area (Å²) >= 11 is 0. The molecule has 134 valence electrons. The van der Waals surface area contributed by atoms with E-state index in [0.717, 1.165) is 12.0 Å². The number of aromatic nitrogens is 2. The molecule has 26 heavy (non-hydrogen) atoms. The number of anilines is 1.